The van der Waals surface area contributed by atoms with Crippen molar-refractivity contribution in [2.45, 2.75) is 26.3 Å². The number of carbonyl (C=O) groups excluding carboxylic acids is 2. The Kier molecular flexibility index (Phi) is 5.93. The van der Waals surface area contributed by atoms with E-state index in [0.29, 0.717) is 21.0 Å². The summed E-state index contributed by atoms with van der Waals surface area (Å²) in [6.07, 6.45) is 0.864. The minimum absolute atomic E-state index is 0.0606. The third kappa shape index (κ3) is 4.07. The highest BCUT2D eigenvalue weighted by atomic mass is 127. The van der Waals surface area contributed by atoms with Crippen LogP contribution in [-0.4, -0.2) is 30.8 Å². The quantitative estimate of drug-likeness (QED) is 0.443. The van der Waals surface area contributed by atoms with Gasteiger partial charge >= 0.3 is 0 Å². The molecule has 0 saturated carbocycles. The van der Waals surface area contributed by atoms with Crippen LogP contribution in [0.15, 0.2) is 18.2 Å². The van der Waals surface area contributed by atoms with Crippen molar-refractivity contribution in [2.75, 3.05) is 18.4 Å². The van der Waals surface area contributed by atoms with Crippen LogP contribution in [0.5, 0.6) is 0 Å². The number of Topliss-reactive ketones (excluding diaryl/α,β-unsaturated/α-hetero) is 1. The molecular weight excluding hydrogens is 468 g/mol. The highest BCUT2D eigenvalue weighted by molar-refractivity contribution is 14.1. The fourth-order valence-electron chi connectivity index (χ4n) is 2.96. The summed E-state index contributed by atoms with van der Waals surface area (Å²) in [5, 5.41) is 9.68. The van der Waals surface area contributed by atoms with E-state index < -0.39 is 5.82 Å². The molecule has 1 unspecified atom stereocenters. The molecule has 1 aliphatic heterocycles. The van der Waals surface area contributed by atoms with Crippen molar-refractivity contribution in [3.8, 4) is 0 Å². The second-order valence-corrected chi connectivity index (χ2v) is 8.50. The van der Waals surface area contributed by atoms with E-state index in [0.717, 1.165) is 23.1 Å². The Morgan fingerprint density at radius 2 is 2.15 bits per heavy atom. The zero-order chi connectivity index (χ0) is 18.8. The molecule has 1 aliphatic rings. The summed E-state index contributed by atoms with van der Waals surface area (Å²) in [5.41, 5.74) is 1.31. The standard InChI is InChI=1S/C18H19FIN3O2S/c1-9-15(17(25)22-12-5-6-21-8-12)18(26-16(9)10(2)24)23-14-4-3-11(20)7-13(14)19/h3-4,7,12,21,23H,5-6,8H2,1-2H3,(H,22,25). The van der Waals surface area contributed by atoms with Gasteiger partial charge in [0.2, 0.25) is 0 Å². The van der Waals surface area contributed by atoms with Crippen LogP contribution < -0.4 is 16.0 Å². The van der Waals surface area contributed by atoms with Crippen LogP contribution in [0.2, 0.25) is 0 Å². The number of nitrogens with one attached hydrogen (secondary N) is 3. The number of hydrogen-bond donors (Lipinski definition) is 3. The van der Waals surface area contributed by atoms with Crippen molar-refractivity contribution in [2.24, 2.45) is 0 Å². The van der Waals surface area contributed by atoms with E-state index in [2.05, 4.69) is 16.0 Å². The van der Waals surface area contributed by atoms with Gasteiger partial charge in [0.25, 0.3) is 5.91 Å². The lowest BCUT2D eigenvalue weighted by Crippen LogP contribution is -2.36. The van der Waals surface area contributed by atoms with Crippen LogP contribution in [0.1, 0.15) is 38.9 Å². The van der Waals surface area contributed by atoms with Gasteiger partial charge in [-0.1, -0.05) is 0 Å². The summed E-state index contributed by atoms with van der Waals surface area (Å²) in [6.45, 7) is 4.81. The Balaban J connectivity index is 1.96. The third-order valence-corrected chi connectivity index (χ3v) is 6.25. The number of benzene rings is 1. The Bertz CT molecular complexity index is 862. The highest BCUT2D eigenvalue weighted by Crippen LogP contribution is 2.36. The molecule has 2 aromatic rings. The Morgan fingerprint density at radius 3 is 2.77 bits per heavy atom. The van der Waals surface area contributed by atoms with Gasteiger partial charge in [-0.15, -0.1) is 11.3 Å². The second kappa shape index (κ2) is 8.01. The van der Waals surface area contributed by atoms with Gasteiger partial charge in [0, 0.05) is 16.2 Å². The predicted molar refractivity (Wildman–Crippen MR) is 110 cm³/mol. The van der Waals surface area contributed by atoms with Crippen molar-refractivity contribution >= 4 is 56.3 Å². The summed E-state index contributed by atoms with van der Waals surface area (Å²) < 4.78 is 15.0. The molecule has 1 aromatic carbocycles. The Hall–Kier alpha value is -1.52. The number of hydrogen-bond acceptors (Lipinski definition) is 5. The molecule has 0 radical (unpaired) electrons. The number of thiophene rings is 1. The van der Waals surface area contributed by atoms with E-state index in [1.54, 1.807) is 19.1 Å². The van der Waals surface area contributed by atoms with E-state index >= 15 is 0 Å². The molecule has 1 aromatic heterocycles. The largest absolute Gasteiger partial charge is 0.348 e. The van der Waals surface area contributed by atoms with Crippen LogP contribution in [0.4, 0.5) is 15.1 Å². The van der Waals surface area contributed by atoms with E-state index in [4.69, 9.17) is 0 Å². The minimum Gasteiger partial charge on any atom is -0.348 e. The van der Waals surface area contributed by atoms with Gasteiger partial charge in [0.1, 0.15) is 10.8 Å². The molecule has 0 spiro atoms. The first-order valence-electron chi connectivity index (χ1n) is 8.24. The van der Waals surface area contributed by atoms with Gasteiger partial charge in [-0.3, -0.25) is 9.59 Å². The third-order valence-electron chi connectivity index (χ3n) is 4.27. The van der Waals surface area contributed by atoms with Crippen molar-refractivity contribution < 1.29 is 14.0 Å². The zero-order valence-electron chi connectivity index (χ0n) is 14.4. The number of carbonyl (C=O) groups is 2. The van der Waals surface area contributed by atoms with Crippen molar-refractivity contribution in [3.63, 3.8) is 0 Å². The minimum atomic E-state index is -0.404. The Morgan fingerprint density at radius 1 is 1.38 bits per heavy atom. The number of ketones is 1. The first-order valence-corrected chi connectivity index (χ1v) is 10.1. The molecule has 0 bridgehead atoms. The van der Waals surface area contributed by atoms with Crippen LogP contribution in [-0.2, 0) is 0 Å². The van der Waals surface area contributed by atoms with Crippen LogP contribution in [0.25, 0.3) is 0 Å². The maximum Gasteiger partial charge on any atom is 0.254 e. The lowest BCUT2D eigenvalue weighted by Gasteiger charge is -2.13. The summed E-state index contributed by atoms with van der Waals surface area (Å²) >= 11 is 3.22. The average molecular weight is 487 g/mol. The lowest BCUT2D eigenvalue weighted by molar-refractivity contribution is 0.0940. The zero-order valence-corrected chi connectivity index (χ0v) is 17.4. The second-order valence-electron chi connectivity index (χ2n) is 6.23. The summed E-state index contributed by atoms with van der Waals surface area (Å²) in [6, 6.07) is 4.88. The Labute approximate surface area is 168 Å². The van der Waals surface area contributed by atoms with Crippen LogP contribution >= 0.6 is 33.9 Å². The molecule has 1 saturated heterocycles. The lowest BCUT2D eigenvalue weighted by atomic mass is 10.1. The first-order chi connectivity index (χ1) is 12.4. The number of rotatable bonds is 5. The fourth-order valence-corrected chi connectivity index (χ4v) is 4.52. The van der Waals surface area contributed by atoms with Crippen molar-refractivity contribution in [1.29, 1.82) is 0 Å². The van der Waals surface area contributed by atoms with Gasteiger partial charge < -0.3 is 16.0 Å². The van der Waals surface area contributed by atoms with Crippen LogP contribution in [0, 0.1) is 16.3 Å². The van der Waals surface area contributed by atoms with Gasteiger partial charge in [-0.25, -0.2) is 4.39 Å². The van der Waals surface area contributed by atoms with E-state index in [1.807, 2.05) is 22.6 Å². The molecule has 0 aliphatic carbocycles. The maximum absolute atomic E-state index is 14.2. The molecule has 1 amide bonds. The molecule has 1 fully saturated rings. The number of halogens is 2. The highest BCUT2D eigenvalue weighted by Gasteiger charge is 2.26. The number of amides is 1. The van der Waals surface area contributed by atoms with Crippen molar-refractivity contribution in [3.05, 3.63) is 43.6 Å². The molecule has 26 heavy (non-hydrogen) atoms. The van der Waals surface area contributed by atoms with Crippen LogP contribution in [0.3, 0.4) is 0 Å². The first kappa shape index (κ1) is 19.2. The fraction of sp³-hybridized carbons (Fsp3) is 0.333. The molecule has 3 rings (SSSR count). The molecular formula is C18H19FIN3O2S. The molecule has 8 heteroatoms. The average Bonchev–Trinajstić information content (AvgIpc) is 3.18. The SMILES string of the molecule is CC(=O)c1sc(Nc2ccc(I)cc2F)c(C(=O)NC2CCNC2)c1C. The van der Waals surface area contributed by atoms with E-state index in [1.165, 1.54) is 24.3 Å². The van der Waals surface area contributed by atoms with Crippen molar-refractivity contribution in [1.82, 2.24) is 10.6 Å². The van der Waals surface area contributed by atoms with Gasteiger partial charge in [0.05, 0.1) is 16.1 Å². The topological polar surface area (TPSA) is 70.2 Å². The number of anilines is 2. The normalized spacial score (nSPS) is 16.5. The summed E-state index contributed by atoms with van der Waals surface area (Å²) in [4.78, 5) is 25.3. The molecule has 1 atom stereocenters. The summed E-state index contributed by atoms with van der Waals surface area (Å²) in [5.74, 6) is -0.757. The monoisotopic (exact) mass is 487 g/mol. The molecule has 3 N–H and O–H groups in total. The van der Waals surface area contributed by atoms with Gasteiger partial charge in [-0.2, -0.15) is 0 Å². The van der Waals surface area contributed by atoms with Gasteiger partial charge in [-0.05, 0) is 73.2 Å². The smallest absolute Gasteiger partial charge is 0.254 e. The molecule has 2 heterocycles. The molecule has 5 nitrogen and oxygen atoms in total. The van der Waals surface area contributed by atoms with E-state index in [-0.39, 0.29) is 23.4 Å². The molecule has 138 valence electrons. The maximum atomic E-state index is 14.2. The van der Waals surface area contributed by atoms with Gasteiger partial charge in [0.15, 0.2) is 5.78 Å². The summed E-state index contributed by atoms with van der Waals surface area (Å²) in [7, 11) is 0. The van der Waals surface area contributed by atoms with E-state index in [9.17, 15) is 14.0 Å². The predicted octanol–water partition coefficient (Wildman–Crippen LogP) is 3.84.